The zero-order chi connectivity index (χ0) is 10.1. The molecule has 1 N–H and O–H groups in total. The predicted molar refractivity (Wildman–Crippen MR) is 62.9 cm³/mol. The van der Waals surface area contributed by atoms with Crippen LogP contribution in [0.4, 0.5) is 0 Å². The zero-order valence-electron chi connectivity index (χ0n) is 9.80. The largest absolute Gasteiger partial charge is 0.317 e. The summed E-state index contributed by atoms with van der Waals surface area (Å²) in [5, 5.41) is 3.50. The van der Waals surface area contributed by atoms with Gasteiger partial charge in [0.2, 0.25) is 0 Å². The van der Waals surface area contributed by atoms with Crippen LogP contribution in [-0.2, 0) is 0 Å². The average Bonchev–Trinajstić information content (AvgIpc) is 2.57. The molecule has 0 aromatic heterocycles. The van der Waals surface area contributed by atoms with E-state index in [4.69, 9.17) is 0 Å². The van der Waals surface area contributed by atoms with Crippen LogP contribution in [0.2, 0.25) is 0 Å². The summed E-state index contributed by atoms with van der Waals surface area (Å²) in [5.74, 6) is 1.06. The molecule has 15 heavy (non-hydrogen) atoms. The molecule has 0 atom stereocenters. The van der Waals surface area contributed by atoms with Crippen LogP contribution in [0, 0.1) is 11.3 Å². The first-order valence-corrected chi connectivity index (χ1v) is 6.79. The van der Waals surface area contributed by atoms with Crippen molar-refractivity contribution < 1.29 is 0 Å². The monoisotopic (exact) mass is 208 g/mol. The van der Waals surface area contributed by atoms with Crippen molar-refractivity contribution in [2.45, 2.75) is 38.5 Å². The van der Waals surface area contributed by atoms with Crippen molar-refractivity contribution in [3.8, 4) is 0 Å². The number of piperidine rings is 1. The van der Waals surface area contributed by atoms with E-state index in [1.54, 1.807) is 0 Å². The molecule has 1 aliphatic carbocycles. The second-order valence-corrected chi connectivity index (χ2v) is 6.03. The summed E-state index contributed by atoms with van der Waals surface area (Å²) in [6.07, 6.45) is 8.83. The molecule has 2 nitrogen and oxygen atoms in total. The Morgan fingerprint density at radius 3 is 2.60 bits per heavy atom. The molecule has 3 rings (SSSR count). The molecule has 3 aliphatic rings. The van der Waals surface area contributed by atoms with Crippen LogP contribution in [0.5, 0.6) is 0 Å². The van der Waals surface area contributed by atoms with E-state index >= 15 is 0 Å². The molecule has 0 radical (unpaired) electrons. The topological polar surface area (TPSA) is 15.3 Å². The Labute approximate surface area is 93.4 Å². The molecule has 86 valence electrons. The average molecular weight is 208 g/mol. The summed E-state index contributed by atoms with van der Waals surface area (Å²) in [6, 6.07) is 0. The van der Waals surface area contributed by atoms with Gasteiger partial charge in [-0.1, -0.05) is 6.42 Å². The van der Waals surface area contributed by atoms with Crippen molar-refractivity contribution in [3.05, 3.63) is 0 Å². The lowest BCUT2D eigenvalue weighted by molar-refractivity contribution is 0.162. The van der Waals surface area contributed by atoms with E-state index in [1.165, 1.54) is 71.2 Å². The molecule has 2 heteroatoms. The molecule has 2 saturated heterocycles. The maximum atomic E-state index is 3.50. The summed E-state index contributed by atoms with van der Waals surface area (Å²) < 4.78 is 0. The standard InChI is InChI=1S/C13H24N2/c1-2-12(3-1)10-15-9-6-13(11-15)4-7-14-8-5-13/h12,14H,1-11H2. The van der Waals surface area contributed by atoms with Gasteiger partial charge < -0.3 is 10.2 Å². The summed E-state index contributed by atoms with van der Waals surface area (Å²) in [5.41, 5.74) is 0.717. The highest BCUT2D eigenvalue weighted by atomic mass is 15.2. The van der Waals surface area contributed by atoms with E-state index in [2.05, 4.69) is 10.2 Å². The lowest BCUT2D eigenvalue weighted by Gasteiger charge is -2.35. The number of nitrogens with one attached hydrogen (secondary N) is 1. The van der Waals surface area contributed by atoms with Crippen molar-refractivity contribution in [2.75, 3.05) is 32.7 Å². The maximum absolute atomic E-state index is 3.50. The van der Waals surface area contributed by atoms with Crippen molar-refractivity contribution in [1.29, 1.82) is 0 Å². The van der Waals surface area contributed by atoms with E-state index in [0.29, 0.717) is 0 Å². The highest BCUT2D eigenvalue weighted by molar-refractivity contribution is 4.93. The molecule has 2 aliphatic heterocycles. The van der Waals surface area contributed by atoms with Crippen LogP contribution in [0.25, 0.3) is 0 Å². The molecule has 1 spiro atoms. The highest BCUT2D eigenvalue weighted by Crippen LogP contribution is 2.39. The minimum absolute atomic E-state index is 0.717. The van der Waals surface area contributed by atoms with Crippen molar-refractivity contribution in [3.63, 3.8) is 0 Å². The van der Waals surface area contributed by atoms with Gasteiger partial charge in [-0.15, -0.1) is 0 Å². The van der Waals surface area contributed by atoms with E-state index < -0.39 is 0 Å². The third kappa shape index (κ3) is 2.07. The zero-order valence-corrected chi connectivity index (χ0v) is 9.80. The van der Waals surface area contributed by atoms with Crippen molar-refractivity contribution in [1.82, 2.24) is 10.2 Å². The van der Waals surface area contributed by atoms with Gasteiger partial charge in [0.15, 0.2) is 0 Å². The van der Waals surface area contributed by atoms with Gasteiger partial charge >= 0.3 is 0 Å². The summed E-state index contributed by atoms with van der Waals surface area (Å²) in [7, 11) is 0. The van der Waals surface area contributed by atoms with Crippen LogP contribution < -0.4 is 5.32 Å². The van der Waals surface area contributed by atoms with Gasteiger partial charge in [0.05, 0.1) is 0 Å². The van der Waals surface area contributed by atoms with Crippen LogP contribution >= 0.6 is 0 Å². The van der Waals surface area contributed by atoms with Crippen LogP contribution in [-0.4, -0.2) is 37.6 Å². The van der Waals surface area contributed by atoms with Crippen LogP contribution in [0.15, 0.2) is 0 Å². The lowest BCUT2D eigenvalue weighted by Crippen LogP contribution is -2.39. The molecular formula is C13H24N2. The quantitative estimate of drug-likeness (QED) is 0.745. The molecule has 0 unspecified atom stereocenters. The van der Waals surface area contributed by atoms with Gasteiger partial charge in [-0.05, 0) is 63.1 Å². The first-order valence-electron chi connectivity index (χ1n) is 6.79. The summed E-state index contributed by atoms with van der Waals surface area (Å²) in [4.78, 5) is 2.76. The Kier molecular flexibility index (Phi) is 2.73. The van der Waals surface area contributed by atoms with Gasteiger partial charge in [0.25, 0.3) is 0 Å². The molecule has 2 heterocycles. The Morgan fingerprint density at radius 1 is 1.13 bits per heavy atom. The Morgan fingerprint density at radius 2 is 1.93 bits per heavy atom. The molecule has 0 bridgehead atoms. The number of nitrogens with zero attached hydrogens (tertiary/aromatic N) is 1. The summed E-state index contributed by atoms with van der Waals surface area (Å²) in [6.45, 7) is 6.73. The van der Waals surface area contributed by atoms with E-state index in [0.717, 1.165) is 11.3 Å². The van der Waals surface area contributed by atoms with E-state index in [1.807, 2.05) is 0 Å². The molecule has 1 saturated carbocycles. The summed E-state index contributed by atoms with van der Waals surface area (Å²) >= 11 is 0. The van der Waals surface area contributed by atoms with E-state index in [9.17, 15) is 0 Å². The number of rotatable bonds is 2. The third-order valence-corrected chi connectivity index (χ3v) is 4.92. The maximum Gasteiger partial charge on any atom is 0.00395 e. The second kappa shape index (κ2) is 4.06. The van der Waals surface area contributed by atoms with Gasteiger partial charge in [-0.3, -0.25) is 0 Å². The molecule has 0 aromatic rings. The van der Waals surface area contributed by atoms with Crippen molar-refractivity contribution in [2.24, 2.45) is 11.3 Å². The highest BCUT2D eigenvalue weighted by Gasteiger charge is 2.39. The molecule has 0 aromatic carbocycles. The lowest BCUT2D eigenvalue weighted by atomic mass is 9.78. The fourth-order valence-corrected chi connectivity index (χ4v) is 3.59. The van der Waals surface area contributed by atoms with Crippen LogP contribution in [0.1, 0.15) is 38.5 Å². The minimum atomic E-state index is 0.717. The first-order chi connectivity index (χ1) is 7.36. The Hall–Kier alpha value is -0.0800. The molecule has 0 amide bonds. The molecular weight excluding hydrogens is 184 g/mol. The fraction of sp³-hybridized carbons (Fsp3) is 1.00. The van der Waals surface area contributed by atoms with E-state index in [-0.39, 0.29) is 0 Å². The fourth-order valence-electron chi connectivity index (χ4n) is 3.59. The Balaban J connectivity index is 1.52. The van der Waals surface area contributed by atoms with Crippen LogP contribution in [0.3, 0.4) is 0 Å². The molecule has 3 fully saturated rings. The van der Waals surface area contributed by atoms with Gasteiger partial charge in [-0.2, -0.15) is 0 Å². The second-order valence-electron chi connectivity index (χ2n) is 6.03. The third-order valence-electron chi connectivity index (χ3n) is 4.92. The number of hydrogen-bond acceptors (Lipinski definition) is 2. The normalized spacial score (nSPS) is 32.0. The van der Waals surface area contributed by atoms with Gasteiger partial charge in [-0.25, -0.2) is 0 Å². The van der Waals surface area contributed by atoms with Gasteiger partial charge in [0.1, 0.15) is 0 Å². The first kappa shape index (κ1) is 10.1. The van der Waals surface area contributed by atoms with Crippen molar-refractivity contribution >= 4 is 0 Å². The SMILES string of the molecule is C1CC(CN2CCC3(CCNCC3)C2)C1. The number of hydrogen-bond donors (Lipinski definition) is 1. The minimum Gasteiger partial charge on any atom is -0.317 e. The number of likely N-dealkylation sites (tertiary alicyclic amines) is 1. The Bertz CT molecular complexity index is 217. The predicted octanol–water partition coefficient (Wildman–Crippen LogP) is 1.86. The van der Waals surface area contributed by atoms with Gasteiger partial charge in [0, 0.05) is 13.1 Å². The smallest absolute Gasteiger partial charge is 0.00395 e.